The van der Waals surface area contributed by atoms with Crippen LogP contribution in [0.1, 0.15) is 62.1 Å². The molecule has 2 unspecified atom stereocenters. The molecule has 1 aliphatic carbocycles. The van der Waals surface area contributed by atoms with Crippen molar-refractivity contribution in [2.24, 2.45) is 11.8 Å². The monoisotopic (exact) mass is 432 g/mol. The summed E-state index contributed by atoms with van der Waals surface area (Å²) in [5, 5.41) is 7.49. The van der Waals surface area contributed by atoms with Crippen molar-refractivity contribution in [3.05, 3.63) is 34.8 Å². The van der Waals surface area contributed by atoms with Gasteiger partial charge < -0.3 is 9.84 Å². The van der Waals surface area contributed by atoms with Gasteiger partial charge in [-0.15, -0.1) is 0 Å². The van der Waals surface area contributed by atoms with Gasteiger partial charge in [-0.05, 0) is 56.1 Å². The molecule has 0 radical (unpaired) electrons. The first kappa shape index (κ1) is 21.3. The summed E-state index contributed by atoms with van der Waals surface area (Å²) in [7, 11) is -3.62. The number of piperidine rings is 1. The Hall–Kier alpha value is -1.93. The summed E-state index contributed by atoms with van der Waals surface area (Å²) in [6.45, 7) is 7.69. The zero-order valence-electron chi connectivity index (χ0n) is 18.1. The van der Waals surface area contributed by atoms with Crippen molar-refractivity contribution in [1.29, 1.82) is 0 Å². The van der Waals surface area contributed by atoms with Crippen LogP contribution in [0.4, 0.5) is 5.82 Å². The second-order valence-corrected chi connectivity index (χ2v) is 10.8. The third kappa shape index (κ3) is 4.25. The third-order valence-corrected chi connectivity index (χ3v) is 8.49. The molecule has 2 aromatic heterocycles. The second kappa shape index (κ2) is 8.67. The van der Waals surface area contributed by atoms with Crippen LogP contribution in [0.5, 0.6) is 0 Å². The molecule has 0 spiro atoms. The van der Waals surface area contributed by atoms with Gasteiger partial charge in [0, 0.05) is 31.3 Å². The zero-order chi connectivity index (χ0) is 21.3. The van der Waals surface area contributed by atoms with Crippen LogP contribution < -0.4 is 5.32 Å². The molecule has 3 heterocycles. The van der Waals surface area contributed by atoms with Gasteiger partial charge in [-0.3, -0.25) is 0 Å². The van der Waals surface area contributed by atoms with Gasteiger partial charge >= 0.3 is 0 Å². The SMILES string of the molecule is Cc1cnc(NCc2noc3c2CCCCC3)c(S(=O)(=O)N2CCC(C)C(C)C2)c1. The molecule has 1 fully saturated rings. The van der Waals surface area contributed by atoms with Crippen LogP contribution in [-0.2, 0) is 29.4 Å². The van der Waals surface area contributed by atoms with Crippen LogP contribution in [0.15, 0.2) is 21.7 Å². The minimum Gasteiger partial charge on any atom is -0.363 e. The second-order valence-electron chi connectivity index (χ2n) is 8.91. The Morgan fingerprint density at radius 3 is 2.80 bits per heavy atom. The van der Waals surface area contributed by atoms with E-state index in [9.17, 15) is 8.42 Å². The average Bonchev–Trinajstić information content (AvgIpc) is 2.95. The molecule has 0 amide bonds. The number of hydrogen-bond acceptors (Lipinski definition) is 6. The molecule has 4 rings (SSSR count). The number of pyridine rings is 1. The maximum atomic E-state index is 13.5. The van der Waals surface area contributed by atoms with Gasteiger partial charge in [0.1, 0.15) is 22.2 Å². The normalized spacial score (nSPS) is 23.0. The quantitative estimate of drug-likeness (QED) is 0.721. The highest BCUT2D eigenvalue weighted by Crippen LogP contribution is 2.31. The van der Waals surface area contributed by atoms with Crippen LogP contribution in [0, 0.1) is 18.8 Å². The Morgan fingerprint density at radius 1 is 1.20 bits per heavy atom. The molecule has 30 heavy (non-hydrogen) atoms. The molecule has 0 aromatic carbocycles. The highest BCUT2D eigenvalue weighted by Gasteiger charge is 2.33. The number of sulfonamides is 1. The topological polar surface area (TPSA) is 88.3 Å². The Bertz CT molecular complexity index is 1000. The lowest BCUT2D eigenvalue weighted by molar-refractivity contribution is 0.212. The van der Waals surface area contributed by atoms with E-state index in [4.69, 9.17) is 4.52 Å². The van der Waals surface area contributed by atoms with E-state index < -0.39 is 10.0 Å². The fraction of sp³-hybridized carbons (Fsp3) is 0.636. The van der Waals surface area contributed by atoms with Gasteiger partial charge in [0.15, 0.2) is 0 Å². The highest BCUT2D eigenvalue weighted by molar-refractivity contribution is 7.89. The van der Waals surface area contributed by atoms with Gasteiger partial charge in [0.2, 0.25) is 10.0 Å². The summed E-state index contributed by atoms with van der Waals surface area (Å²) in [5.41, 5.74) is 2.86. The van der Waals surface area contributed by atoms with E-state index in [1.54, 1.807) is 16.6 Å². The number of nitrogens with zero attached hydrogens (tertiary/aromatic N) is 3. The first-order chi connectivity index (χ1) is 14.4. The molecule has 2 aromatic rings. The fourth-order valence-corrected chi connectivity index (χ4v) is 6.15. The van der Waals surface area contributed by atoms with Crippen molar-refractivity contribution >= 4 is 15.8 Å². The summed E-state index contributed by atoms with van der Waals surface area (Å²) in [6, 6.07) is 1.72. The fourth-order valence-electron chi connectivity index (χ4n) is 4.39. The Kier molecular flexibility index (Phi) is 6.16. The van der Waals surface area contributed by atoms with Crippen molar-refractivity contribution in [3.8, 4) is 0 Å². The molecule has 7 nitrogen and oxygen atoms in total. The Labute approximate surface area is 179 Å². The number of nitrogens with one attached hydrogen (secondary N) is 1. The predicted molar refractivity (Wildman–Crippen MR) is 116 cm³/mol. The van der Waals surface area contributed by atoms with Crippen molar-refractivity contribution in [1.82, 2.24) is 14.4 Å². The van der Waals surface area contributed by atoms with E-state index in [0.717, 1.165) is 49.1 Å². The lowest BCUT2D eigenvalue weighted by Gasteiger charge is -2.34. The largest absolute Gasteiger partial charge is 0.363 e. The van der Waals surface area contributed by atoms with Gasteiger partial charge in [-0.25, -0.2) is 13.4 Å². The van der Waals surface area contributed by atoms with Crippen LogP contribution >= 0.6 is 0 Å². The van der Waals surface area contributed by atoms with E-state index in [1.807, 2.05) is 6.92 Å². The predicted octanol–water partition coefficient (Wildman–Crippen LogP) is 3.93. The standard InChI is InChI=1S/C22H32N4O3S/c1-15-11-21(30(27,28)26-10-9-16(2)17(3)14-26)22(23-12-15)24-13-19-18-7-5-4-6-8-20(18)29-25-19/h11-12,16-17H,4-10,13-14H2,1-3H3,(H,23,24). The summed E-state index contributed by atoms with van der Waals surface area (Å²) in [5.74, 6) is 2.24. The zero-order valence-corrected chi connectivity index (χ0v) is 19.0. The maximum Gasteiger partial charge on any atom is 0.246 e. The van der Waals surface area contributed by atoms with Crippen LogP contribution in [0.3, 0.4) is 0 Å². The first-order valence-electron chi connectivity index (χ1n) is 11.0. The number of aryl methyl sites for hydroxylation is 2. The van der Waals surface area contributed by atoms with Crippen molar-refractivity contribution in [3.63, 3.8) is 0 Å². The Morgan fingerprint density at radius 2 is 2.00 bits per heavy atom. The number of aromatic nitrogens is 2. The van der Waals surface area contributed by atoms with Gasteiger partial charge in [0.25, 0.3) is 0 Å². The molecule has 164 valence electrons. The lowest BCUT2D eigenvalue weighted by atomic mass is 9.90. The van der Waals surface area contributed by atoms with Gasteiger partial charge in [0.05, 0.1) is 6.54 Å². The molecule has 2 atom stereocenters. The van der Waals surface area contributed by atoms with Crippen molar-refractivity contribution in [2.45, 2.75) is 70.7 Å². The molecule has 0 bridgehead atoms. The van der Waals surface area contributed by atoms with Crippen LogP contribution in [0.2, 0.25) is 0 Å². The molecule has 0 saturated carbocycles. The number of rotatable bonds is 5. The van der Waals surface area contributed by atoms with E-state index >= 15 is 0 Å². The number of fused-ring (bicyclic) bond motifs is 1. The number of anilines is 1. The number of hydrogen-bond donors (Lipinski definition) is 1. The lowest BCUT2D eigenvalue weighted by Crippen LogP contribution is -2.42. The highest BCUT2D eigenvalue weighted by atomic mass is 32.2. The van der Waals surface area contributed by atoms with Crippen molar-refractivity contribution in [2.75, 3.05) is 18.4 Å². The first-order valence-corrected chi connectivity index (χ1v) is 12.5. The van der Waals surface area contributed by atoms with Crippen LogP contribution in [0.25, 0.3) is 0 Å². The molecule has 8 heteroatoms. The minimum atomic E-state index is -3.62. The summed E-state index contributed by atoms with van der Waals surface area (Å²) >= 11 is 0. The van der Waals surface area contributed by atoms with Crippen molar-refractivity contribution < 1.29 is 12.9 Å². The molecule has 2 aliphatic rings. The third-order valence-electron chi connectivity index (χ3n) is 6.61. The van der Waals surface area contributed by atoms with E-state index in [-0.39, 0.29) is 4.90 Å². The molecular weight excluding hydrogens is 400 g/mol. The van der Waals surface area contributed by atoms with Crippen LogP contribution in [-0.4, -0.2) is 36.0 Å². The van der Waals surface area contributed by atoms with Gasteiger partial charge in [-0.1, -0.05) is 25.4 Å². The summed E-state index contributed by atoms with van der Waals surface area (Å²) < 4.78 is 34.1. The Balaban J connectivity index is 1.58. The molecule has 1 saturated heterocycles. The van der Waals surface area contributed by atoms with Gasteiger partial charge in [-0.2, -0.15) is 4.31 Å². The smallest absolute Gasteiger partial charge is 0.246 e. The maximum absolute atomic E-state index is 13.5. The van der Waals surface area contributed by atoms with E-state index in [2.05, 4.69) is 29.3 Å². The minimum absolute atomic E-state index is 0.249. The van der Waals surface area contributed by atoms with E-state index in [0.29, 0.717) is 37.3 Å². The molecular formula is C22H32N4O3S. The molecule has 1 N–H and O–H groups in total. The van der Waals surface area contributed by atoms with E-state index in [1.165, 1.54) is 12.0 Å². The average molecular weight is 433 g/mol. The summed E-state index contributed by atoms with van der Waals surface area (Å²) in [6.07, 6.45) is 7.94. The summed E-state index contributed by atoms with van der Waals surface area (Å²) in [4.78, 5) is 4.68. The molecule has 1 aliphatic heterocycles.